The van der Waals surface area contributed by atoms with E-state index in [0.717, 1.165) is 70.6 Å². The van der Waals surface area contributed by atoms with E-state index in [9.17, 15) is 23.8 Å². The number of ether oxygens (including phenoxy) is 2. The number of phosphoric ester groups is 1. The number of rotatable bonds is 41. The maximum Gasteiger partial charge on any atom is 0.472 e. The highest BCUT2D eigenvalue weighted by molar-refractivity contribution is 7.47. The molecule has 0 spiro atoms. The molecule has 0 aliphatic heterocycles. The third kappa shape index (κ3) is 41.4. The zero-order valence-electron chi connectivity index (χ0n) is 37.0. The van der Waals surface area contributed by atoms with Gasteiger partial charge in [-0.2, -0.15) is 0 Å². The van der Waals surface area contributed by atoms with Gasteiger partial charge >= 0.3 is 25.7 Å². The lowest BCUT2D eigenvalue weighted by atomic mass is 10.1. The van der Waals surface area contributed by atoms with E-state index in [2.05, 4.69) is 91.3 Å². The van der Waals surface area contributed by atoms with Gasteiger partial charge in [0.2, 0.25) is 0 Å². The van der Waals surface area contributed by atoms with Crippen LogP contribution >= 0.6 is 7.82 Å². The Bertz CT molecular complexity index is 1340. The van der Waals surface area contributed by atoms with Crippen LogP contribution in [0.3, 0.4) is 0 Å². The molecule has 0 amide bonds. The van der Waals surface area contributed by atoms with Crippen molar-refractivity contribution in [3.05, 3.63) is 85.1 Å². The molecule has 0 fully saturated rings. The summed E-state index contributed by atoms with van der Waals surface area (Å²) in [6, 6.07) is -1.54. The number of phosphoric acid groups is 1. The smallest absolute Gasteiger partial charge is 0.472 e. The molecule has 0 aliphatic carbocycles. The summed E-state index contributed by atoms with van der Waals surface area (Å²) < 4.78 is 32.6. The van der Waals surface area contributed by atoms with E-state index in [1.54, 1.807) is 0 Å². The molecule has 0 aromatic carbocycles. The molecule has 60 heavy (non-hydrogen) atoms. The number of esters is 2. The lowest BCUT2D eigenvalue weighted by Crippen LogP contribution is -2.34. The topological polar surface area (TPSA) is 172 Å². The number of aliphatic carboxylic acids is 1. The number of unbranched alkanes of at least 4 members (excludes halogenated alkanes) is 13. The van der Waals surface area contributed by atoms with Crippen molar-refractivity contribution in [2.24, 2.45) is 5.73 Å². The Balaban J connectivity index is 4.48. The Morgan fingerprint density at radius 2 is 0.967 bits per heavy atom. The zero-order valence-corrected chi connectivity index (χ0v) is 37.9. The summed E-state index contributed by atoms with van der Waals surface area (Å²) in [6.45, 7) is 2.60. The third-order valence-corrected chi connectivity index (χ3v) is 10.1. The van der Waals surface area contributed by atoms with Gasteiger partial charge in [0.15, 0.2) is 6.10 Å². The highest BCUT2D eigenvalue weighted by Crippen LogP contribution is 2.43. The average Bonchev–Trinajstić information content (AvgIpc) is 3.22. The van der Waals surface area contributed by atoms with Crippen LogP contribution in [0, 0.1) is 0 Å². The van der Waals surface area contributed by atoms with Gasteiger partial charge in [-0.05, 0) is 77.0 Å². The van der Waals surface area contributed by atoms with Gasteiger partial charge in [-0.1, -0.05) is 163 Å². The minimum Gasteiger partial charge on any atom is -0.480 e. The molecule has 12 heteroatoms. The number of hydrogen-bond donors (Lipinski definition) is 3. The number of carboxylic acid groups (broad SMARTS) is 1. The summed E-state index contributed by atoms with van der Waals surface area (Å²) in [7, 11) is -4.74. The van der Waals surface area contributed by atoms with E-state index < -0.39 is 57.7 Å². The number of allylic oxidation sites excluding steroid dienone is 14. The van der Waals surface area contributed by atoms with Gasteiger partial charge in [-0.15, -0.1) is 0 Å². The quantitative estimate of drug-likeness (QED) is 0.0231. The normalized spacial score (nSPS) is 14.5. The predicted molar refractivity (Wildman–Crippen MR) is 244 cm³/mol. The molecule has 0 aromatic heterocycles. The predicted octanol–water partition coefficient (Wildman–Crippen LogP) is 12.3. The molecule has 1 unspecified atom stereocenters. The van der Waals surface area contributed by atoms with Crippen LogP contribution in [0.5, 0.6) is 0 Å². The highest BCUT2D eigenvalue weighted by Gasteiger charge is 2.28. The standard InChI is InChI=1S/C48H80NO10P/c1-3-5-7-9-11-13-15-17-19-21-22-24-25-27-29-31-33-35-37-39-46(50)56-41-44(42-57-60(54,55)58-43-45(49)48(52)53)59-47(51)40-38-36-34-32-30-28-26-23-20-18-16-14-12-10-8-6-4-2/h5,7,11,13,17-20,22,24,27,29,33,35,44-45H,3-4,6,8-10,12,14-16,21,23,25-26,28,30-32,34,36-43,49H2,1-2H3,(H,52,53)(H,54,55)/b7-5+,13-11+,19-17+,20-18+,24-22+,29-27+,35-33+/t44-,45+/m1/s1. The molecule has 0 saturated carbocycles. The molecule has 3 atom stereocenters. The molecule has 11 nitrogen and oxygen atoms in total. The number of carbonyl (C=O) groups excluding carboxylic acids is 2. The van der Waals surface area contributed by atoms with Gasteiger partial charge in [0.25, 0.3) is 0 Å². The summed E-state index contributed by atoms with van der Waals surface area (Å²) in [4.78, 5) is 46.0. The monoisotopic (exact) mass is 862 g/mol. The van der Waals surface area contributed by atoms with E-state index in [1.165, 1.54) is 57.8 Å². The van der Waals surface area contributed by atoms with Crippen LogP contribution in [0.1, 0.15) is 168 Å². The average molecular weight is 862 g/mol. The third-order valence-electron chi connectivity index (χ3n) is 9.14. The number of hydrogen-bond acceptors (Lipinski definition) is 9. The second-order valence-electron chi connectivity index (χ2n) is 14.8. The lowest BCUT2D eigenvalue weighted by Gasteiger charge is -2.20. The van der Waals surface area contributed by atoms with Crippen LogP contribution in [0.25, 0.3) is 0 Å². The Labute approximate surface area is 362 Å². The van der Waals surface area contributed by atoms with Crippen molar-refractivity contribution in [3.8, 4) is 0 Å². The van der Waals surface area contributed by atoms with E-state index >= 15 is 0 Å². The molecule has 0 radical (unpaired) electrons. The number of carbonyl (C=O) groups is 3. The van der Waals surface area contributed by atoms with E-state index in [-0.39, 0.29) is 12.8 Å². The molecule has 0 saturated heterocycles. The molecule has 0 rings (SSSR count). The number of nitrogens with two attached hydrogens (primary N) is 1. The minimum absolute atomic E-state index is 0.0916. The SMILES string of the molecule is CC/C=C/C/C=C/C/C=C/C/C=C/C/C=C/C/C=C/CCC(=O)OC[C@H](COP(=O)(O)OC[C@H](N)C(=O)O)OC(=O)CCCCCCCCC/C=C/CCCCCCCC. The summed E-state index contributed by atoms with van der Waals surface area (Å²) >= 11 is 0. The van der Waals surface area contributed by atoms with Crippen LogP contribution in [0.2, 0.25) is 0 Å². The largest absolute Gasteiger partial charge is 0.480 e. The van der Waals surface area contributed by atoms with Crippen molar-refractivity contribution in [1.82, 2.24) is 0 Å². The second-order valence-corrected chi connectivity index (χ2v) is 16.2. The fourth-order valence-electron chi connectivity index (χ4n) is 5.61. The van der Waals surface area contributed by atoms with Gasteiger partial charge < -0.3 is 25.2 Å². The van der Waals surface area contributed by atoms with Crippen LogP contribution in [0.15, 0.2) is 85.1 Å². The summed E-state index contributed by atoms with van der Waals surface area (Å²) in [5, 5.41) is 8.90. The maximum absolute atomic E-state index is 12.6. The van der Waals surface area contributed by atoms with Crippen LogP contribution in [-0.2, 0) is 37.5 Å². The van der Waals surface area contributed by atoms with Crippen LogP contribution in [-0.4, -0.2) is 59.9 Å². The molecular formula is C48H80NO10P. The van der Waals surface area contributed by atoms with Crippen molar-refractivity contribution in [2.45, 2.75) is 180 Å². The van der Waals surface area contributed by atoms with Crippen molar-refractivity contribution < 1.29 is 47.5 Å². The molecular weight excluding hydrogens is 781 g/mol. The van der Waals surface area contributed by atoms with Gasteiger partial charge in [0, 0.05) is 12.8 Å². The maximum atomic E-state index is 12.6. The van der Waals surface area contributed by atoms with E-state index in [1.807, 2.05) is 12.2 Å². The molecule has 0 aliphatic rings. The lowest BCUT2D eigenvalue weighted by molar-refractivity contribution is -0.161. The summed E-state index contributed by atoms with van der Waals surface area (Å²) in [6.07, 6.45) is 52.3. The molecule has 0 heterocycles. The first-order valence-electron chi connectivity index (χ1n) is 22.6. The fraction of sp³-hybridized carbons (Fsp3) is 0.646. The Kier molecular flexibility index (Phi) is 40.0. The number of carboxylic acids is 1. The summed E-state index contributed by atoms with van der Waals surface area (Å²) in [5.74, 6) is -2.50. The molecule has 0 aromatic rings. The molecule has 342 valence electrons. The van der Waals surface area contributed by atoms with Crippen molar-refractivity contribution >= 4 is 25.7 Å². The molecule has 4 N–H and O–H groups in total. The minimum atomic E-state index is -4.74. The zero-order chi connectivity index (χ0) is 44.2. The molecule has 0 bridgehead atoms. The van der Waals surface area contributed by atoms with Crippen molar-refractivity contribution in [3.63, 3.8) is 0 Å². The van der Waals surface area contributed by atoms with Gasteiger partial charge in [-0.3, -0.25) is 23.4 Å². The van der Waals surface area contributed by atoms with Gasteiger partial charge in [0.1, 0.15) is 12.6 Å². The van der Waals surface area contributed by atoms with E-state index in [4.69, 9.17) is 24.8 Å². The van der Waals surface area contributed by atoms with Crippen molar-refractivity contribution in [1.29, 1.82) is 0 Å². The second kappa shape index (κ2) is 42.4. The van der Waals surface area contributed by atoms with Crippen LogP contribution in [0.4, 0.5) is 0 Å². The fourth-order valence-corrected chi connectivity index (χ4v) is 6.39. The van der Waals surface area contributed by atoms with Crippen LogP contribution < -0.4 is 5.73 Å². The van der Waals surface area contributed by atoms with Gasteiger partial charge in [-0.25, -0.2) is 4.57 Å². The Hall–Kier alpha value is -3.34. The first-order valence-corrected chi connectivity index (χ1v) is 24.1. The van der Waals surface area contributed by atoms with E-state index in [0.29, 0.717) is 12.8 Å². The summed E-state index contributed by atoms with van der Waals surface area (Å²) in [5.41, 5.74) is 5.33. The Morgan fingerprint density at radius 1 is 0.533 bits per heavy atom. The first-order chi connectivity index (χ1) is 29.1. The first kappa shape index (κ1) is 56.7. The van der Waals surface area contributed by atoms with Gasteiger partial charge in [0.05, 0.1) is 13.2 Å². The van der Waals surface area contributed by atoms with Crippen molar-refractivity contribution in [2.75, 3.05) is 19.8 Å². The highest BCUT2D eigenvalue weighted by atomic mass is 31.2. The Morgan fingerprint density at radius 3 is 1.47 bits per heavy atom.